The molecule has 1 aromatic rings. The molecule has 1 spiro atoms. The average Bonchev–Trinajstić information content (AvgIpc) is 2.71. The number of para-hydroxylation sites is 1. The number of benzene rings is 1. The fraction of sp³-hybridized carbons (Fsp3) is 0.600. The molecule has 1 aliphatic heterocycles. The number of anilines is 2. The summed E-state index contributed by atoms with van der Waals surface area (Å²) >= 11 is 0. The Morgan fingerprint density at radius 2 is 1.67 bits per heavy atom. The van der Waals surface area contributed by atoms with Crippen molar-refractivity contribution in [3.05, 3.63) is 24.0 Å². The van der Waals surface area contributed by atoms with Crippen LogP contribution in [0.5, 0.6) is 0 Å². The van der Waals surface area contributed by atoms with Gasteiger partial charge < -0.3 is 10.6 Å². The van der Waals surface area contributed by atoms with E-state index < -0.39 is 0 Å². The van der Waals surface area contributed by atoms with Gasteiger partial charge in [-0.2, -0.15) is 0 Å². The van der Waals surface area contributed by atoms with E-state index in [1.165, 1.54) is 44.6 Å². The summed E-state index contributed by atoms with van der Waals surface area (Å²) in [6, 6.07) is 5.26. The second kappa shape index (κ2) is 4.79. The van der Waals surface area contributed by atoms with Gasteiger partial charge in [-0.25, -0.2) is 4.39 Å². The highest BCUT2D eigenvalue weighted by molar-refractivity contribution is 5.70. The topological polar surface area (TPSA) is 24.1 Å². The minimum absolute atomic E-state index is 0.148. The molecule has 2 aliphatic rings. The van der Waals surface area contributed by atoms with Crippen LogP contribution in [-0.4, -0.2) is 13.1 Å². The SMILES string of the molecule is Fc1cccc2c1NCC1(CCCCCC1)CN2. The largest absolute Gasteiger partial charge is 0.383 e. The third kappa shape index (κ3) is 2.18. The lowest BCUT2D eigenvalue weighted by atomic mass is 9.80. The Hall–Kier alpha value is -1.25. The quantitative estimate of drug-likeness (QED) is 0.725. The van der Waals surface area contributed by atoms with E-state index >= 15 is 0 Å². The normalized spacial score (nSPS) is 22.3. The molecule has 3 rings (SSSR count). The highest BCUT2D eigenvalue weighted by Gasteiger charge is 2.33. The zero-order valence-electron chi connectivity index (χ0n) is 10.8. The van der Waals surface area contributed by atoms with Crippen LogP contribution in [0.25, 0.3) is 0 Å². The summed E-state index contributed by atoms with van der Waals surface area (Å²) in [5.41, 5.74) is 1.87. The number of hydrogen-bond donors (Lipinski definition) is 2. The van der Waals surface area contributed by atoms with Crippen molar-refractivity contribution in [3.63, 3.8) is 0 Å². The standard InChI is InChI=1S/C15H21FN2/c16-12-6-5-7-13-14(12)18-11-15(10-17-13)8-3-1-2-4-9-15/h5-7,17-18H,1-4,8-11H2. The van der Waals surface area contributed by atoms with Crippen LogP contribution < -0.4 is 10.6 Å². The number of hydrogen-bond acceptors (Lipinski definition) is 2. The zero-order chi connectivity index (χ0) is 12.4. The Morgan fingerprint density at radius 1 is 0.944 bits per heavy atom. The number of fused-ring (bicyclic) bond motifs is 1. The van der Waals surface area contributed by atoms with Crippen molar-refractivity contribution >= 4 is 11.4 Å². The molecule has 1 heterocycles. The lowest BCUT2D eigenvalue weighted by Crippen LogP contribution is -2.34. The first-order valence-corrected chi connectivity index (χ1v) is 7.05. The van der Waals surface area contributed by atoms with E-state index in [-0.39, 0.29) is 5.82 Å². The summed E-state index contributed by atoms with van der Waals surface area (Å²) in [5.74, 6) is -0.148. The predicted octanol–water partition coefficient (Wildman–Crippen LogP) is 4.00. The van der Waals surface area contributed by atoms with Gasteiger partial charge in [-0.3, -0.25) is 0 Å². The van der Waals surface area contributed by atoms with Crippen LogP contribution in [0.1, 0.15) is 38.5 Å². The fourth-order valence-electron chi connectivity index (χ4n) is 3.30. The number of rotatable bonds is 0. The van der Waals surface area contributed by atoms with Gasteiger partial charge in [-0.1, -0.05) is 31.7 Å². The molecule has 1 aromatic carbocycles. The van der Waals surface area contributed by atoms with Gasteiger partial charge >= 0.3 is 0 Å². The van der Waals surface area contributed by atoms with Crippen LogP contribution in [0.15, 0.2) is 18.2 Å². The molecule has 0 atom stereocenters. The molecule has 1 saturated carbocycles. The van der Waals surface area contributed by atoms with Gasteiger partial charge in [0, 0.05) is 18.5 Å². The second-order valence-corrected chi connectivity index (χ2v) is 5.78. The van der Waals surface area contributed by atoms with Crippen molar-refractivity contribution < 1.29 is 4.39 Å². The molecule has 1 fully saturated rings. The molecule has 98 valence electrons. The molecule has 0 bridgehead atoms. The summed E-state index contributed by atoms with van der Waals surface area (Å²) in [6.07, 6.45) is 7.82. The van der Waals surface area contributed by atoms with E-state index in [2.05, 4.69) is 10.6 Å². The van der Waals surface area contributed by atoms with Crippen LogP contribution in [0.2, 0.25) is 0 Å². The minimum atomic E-state index is -0.148. The average molecular weight is 248 g/mol. The van der Waals surface area contributed by atoms with Crippen LogP contribution in [0, 0.1) is 11.2 Å². The fourth-order valence-corrected chi connectivity index (χ4v) is 3.30. The van der Waals surface area contributed by atoms with Crippen molar-refractivity contribution in [2.75, 3.05) is 23.7 Å². The van der Waals surface area contributed by atoms with Crippen molar-refractivity contribution in [2.45, 2.75) is 38.5 Å². The maximum absolute atomic E-state index is 13.8. The van der Waals surface area contributed by atoms with E-state index in [9.17, 15) is 4.39 Å². The molecule has 0 amide bonds. The molecule has 0 unspecified atom stereocenters. The van der Waals surface area contributed by atoms with Gasteiger partial charge in [-0.05, 0) is 25.0 Å². The Bertz CT molecular complexity index is 423. The van der Waals surface area contributed by atoms with E-state index in [1.807, 2.05) is 6.07 Å². The summed E-state index contributed by atoms with van der Waals surface area (Å²) < 4.78 is 13.8. The summed E-state index contributed by atoms with van der Waals surface area (Å²) in [7, 11) is 0. The second-order valence-electron chi connectivity index (χ2n) is 5.78. The van der Waals surface area contributed by atoms with E-state index in [0.717, 1.165) is 18.8 Å². The van der Waals surface area contributed by atoms with Gasteiger partial charge in [0.2, 0.25) is 0 Å². The van der Waals surface area contributed by atoms with Crippen LogP contribution in [0.3, 0.4) is 0 Å². The first-order valence-electron chi connectivity index (χ1n) is 7.05. The maximum Gasteiger partial charge on any atom is 0.148 e. The maximum atomic E-state index is 13.8. The minimum Gasteiger partial charge on any atom is -0.383 e. The molecule has 0 aromatic heterocycles. The van der Waals surface area contributed by atoms with Gasteiger partial charge in [0.05, 0.1) is 11.4 Å². The molecule has 3 heteroatoms. The summed E-state index contributed by atoms with van der Waals surface area (Å²) in [4.78, 5) is 0. The van der Waals surface area contributed by atoms with Gasteiger partial charge in [0.1, 0.15) is 5.82 Å². The lowest BCUT2D eigenvalue weighted by molar-refractivity contribution is 0.286. The van der Waals surface area contributed by atoms with Crippen molar-refractivity contribution in [3.8, 4) is 0 Å². The van der Waals surface area contributed by atoms with Gasteiger partial charge in [0.15, 0.2) is 0 Å². The predicted molar refractivity (Wildman–Crippen MR) is 73.5 cm³/mol. The molecule has 0 radical (unpaired) electrons. The Kier molecular flexibility index (Phi) is 3.14. The molecule has 1 aliphatic carbocycles. The monoisotopic (exact) mass is 248 g/mol. The molecule has 0 saturated heterocycles. The first kappa shape index (κ1) is 11.8. The third-order valence-electron chi connectivity index (χ3n) is 4.47. The third-order valence-corrected chi connectivity index (χ3v) is 4.47. The van der Waals surface area contributed by atoms with E-state index in [1.54, 1.807) is 6.07 Å². The number of nitrogens with one attached hydrogen (secondary N) is 2. The Balaban J connectivity index is 1.83. The van der Waals surface area contributed by atoms with E-state index in [4.69, 9.17) is 0 Å². The Morgan fingerprint density at radius 3 is 2.44 bits per heavy atom. The van der Waals surface area contributed by atoms with Gasteiger partial charge in [-0.15, -0.1) is 0 Å². The Labute approximate surface area is 108 Å². The van der Waals surface area contributed by atoms with Crippen LogP contribution >= 0.6 is 0 Å². The molecular weight excluding hydrogens is 227 g/mol. The van der Waals surface area contributed by atoms with Crippen LogP contribution in [0.4, 0.5) is 15.8 Å². The molecule has 18 heavy (non-hydrogen) atoms. The van der Waals surface area contributed by atoms with Crippen LogP contribution in [-0.2, 0) is 0 Å². The lowest BCUT2D eigenvalue weighted by Gasteiger charge is -2.31. The van der Waals surface area contributed by atoms with Crippen molar-refractivity contribution in [1.29, 1.82) is 0 Å². The highest BCUT2D eigenvalue weighted by atomic mass is 19.1. The van der Waals surface area contributed by atoms with Gasteiger partial charge in [0.25, 0.3) is 0 Å². The smallest absolute Gasteiger partial charge is 0.148 e. The highest BCUT2D eigenvalue weighted by Crippen LogP contribution is 2.39. The molecule has 2 N–H and O–H groups in total. The summed E-state index contributed by atoms with van der Waals surface area (Å²) in [6.45, 7) is 1.87. The van der Waals surface area contributed by atoms with Crippen molar-refractivity contribution in [2.24, 2.45) is 5.41 Å². The first-order chi connectivity index (χ1) is 8.79. The zero-order valence-corrected chi connectivity index (χ0v) is 10.8. The van der Waals surface area contributed by atoms with Crippen molar-refractivity contribution in [1.82, 2.24) is 0 Å². The molecular formula is C15H21FN2. The molecule has 2 nitrogen and oxygen atoms in total. The van der Waals surface area contributed by atoms with E-state index in [0.29, 0.717) is 11.1 Å². The summed E-state index contributed by atoms with van der Waals surface area (Å²) in [5, 5.41) is 6.80. The number of halogens is 1.